The zero-order valence-electron chi connectivity index (χ0n) is 9.14. The highest BCUT2D eigenvalue weighted by atomic mass is 16.3. The van der Waals surface area contributed by atoms with Gasteiger partial charge in [-0.3, -0.25) is 0 Å². The summed E-state index contributed by atoms with van der Waals surface area (Å²) >= 11 is 0. The molecule has 4 heteroatoms. The Bertz CT molecular complexity index is 272. The number of hydrogen-bond donors (Lipinski definition) is 1. The second-order valence-corrected chi connectivity index (χ2v) is 3.69. The normalized spacial score (nSPS) is 15.4. The van der Waals surface area contributed by atoms with E-state index in [1.165, 1.54) is 0 Å². The van der Waals surface area contributed by atoms with Gasteiger partial charge in [0.25, 0.3) is 0 Å². The standard InChI is InChI=1S/C10H19N3O/c1-4-6-8(3)13-7-9(11-12-13)10(14)5-2/h7-8,10,14H,4-6H2,1-3H3. The third-order valence-electron chi connectivity index (χ3n) is 2.41. The first-order valence-corrected chi connectivity index (χ1v) is 5.28. The molecule has 1 aromatic heterocycles. The molecule has 0 saturated carbocycles. The van der Waals surface area contributed by atoms with Crippen molar-refractivity contribution >= 4 is 0 Å². The van der Waals surface area contributed by atoms with Gasteiger partial charge in [-0.2, -0.15) is 0 Å². The van der Waals surface area contributed by atoms with Crippen molar-refractivity contribution in [2.45, 2.75) is 52.2 Å². The molecule has 0 saturated heterocycles. The third-order valence-corrected chi connectivity index (χ3v) is 2.41. The quantitative estimate of drug-likeness (QED) is 0.786. The van der Waals surface area contributed by atoms with Crippen molar-refractivity contribution in [2.24, 2.45) is 0 Å². The van der Waals surface area contributed by atoms with Crippen molar-refractivity contribution in [2.75, 3.05) is 0 Å². The summed E-state index contributed by atoms with van der Waals surface area (Å²) in [4.78, 5) is 0. The second-order valence-electron chi connectivity index (χ2n) is 3.69. The van der Waals surface area contributed by atoms with Gasteiger partial charge >= 0.3 is 0 Å². The minimum atomic E-state index is -0.474. The molecular weight excluding hydrogens is 178 g/mol. The first kappa shape index (κ1) is 11.2. The van der Waals surface area contributed by atoms with Crippen LogP contribution in [0.3, 0.4) is 0 Å². The maximum atomic E-state index is 9.54. The SMILES string of the molecule is CCCC(C)n1cc(C(O)CC)nn1. The van der Waals surface area contributed by atoms with Crippen LogP contribution in [0, 0.1) is 0 Å². The highest BCUT2D eigenvalue weighted by Gasteiger charge is 2.11. The molecule has 0 fully saturated rings. The Labute approximate surface area is 84.9 Å². The maximum Gasteiger partial charge on any atom is 0.111 e. The van der Waals surface area contributed by atoms with Crippen molar-refractivity contribution < 1.29 is 5.11 Å². The van der Waals surface area contributed by atoms with E-state index in [1.807, 2.05) is 17.8 Å². The van der Waals surface area contributed by atoms with Crippen LogP contribution in [0.2, 0.25) is 0 Å². The van der Waals surface area contributed by atoms with Crippen LogP contribution in [-0.2, 0) is 0 Å². The van der Waals surface area contributed by atoms with Crippen molar-refractivity contribution in [3.63, 3.8) is 0 Å². The molecule has 0 aliphatic rings. The average molecular weight is 197 g/mol. The molecule has 14 heavy (non-hydrogen) atoms. The molecule has 2 atom stereocenters. The number of aliphatic hydroxyl groups excluding tert-OH is 1. The fourth-order valence-electron chi connectivity index (χ4n) is 1.42. The summed E-state index contributed by atoms with van der Waals surface area (Å²) in [6.45, 7) is 6.19. The predicted molar refractivity (Wildman–Crippen MR) is 54.9 cm³/mol. The first-order chi connectivity index (χ1) is 6.69. The van der Waals surface area contributed by atoms with Crippen molar-refractivity contribution in [3.8, 4) is 0 Å². The predicted octanol–water partition coefficient (Wildman–Crippen LogP) is 2.08. The van der Waals surface area contributed by atoms with E-state index in [0.29, 0.717) is 18.2 Å². The van der Waals surface area contributed by atoms with E-state index in [9.17, 15) is 5.11 Å². The van der Waals surface area contributed by atoms with Gasteiger partial charge in [0.15, 0.2) is 0 Å². The van der Waals surface area contributed by atoms with Crippen molar-refractivity contribution in [3.05, 3.63) is 11.9 Å². The highest BCUT2D eigenvalue weighted by molar-refractivity contribution is 4.97. The van der Waals surface area contributed by atoms with E-state index in [4.69, 9.17) is 0 Å². The molecule has 80 valence electrons. The Morgan fingerprint density at radius 1 is 1.50 bits per heavy atom. The second kappa shape index (κ2) is 5.10. The topological polar surface area (TPSA) is 50.9 Å². The fourth-order valence-corrected chi connectivity index (χ4v) is 1.42. The lowest BCUT2D eigenvalue weighted by Gasteiger charge is -2.08. The lowest BCUT2D eigenvalue weighted by molar-refractivity contribution is 0.168. The lowest BCUT2D eigenvalue weighted by atomic mass is 10.2. The van der Waals surface area contributed by atoms with E-state index in [1.54, 1.807) is 0 Å². The molecule has 0 amide bonds. The van der Waals surface area contributed by atoms with Crippen LogP contribution < -0.4 is 0 Å². The van der Waals surface area contributed by atoms with E-state index >= 15 is 0 Å². The van der Waals surface area contributed by atoms with Crippen molar-refractivity contribution in [1.82, 2.24) is 15.0 Å². The minimum absolute atomic E-state index is 0.366. The summed E-state index contributed by atoms with van der Waals surface area (Å²) in [5, 5.41) is 17.5. The van der Waals surface area contributed by atoms with Gasteiger partial charge < -0.3 is 5.11 Å². The van der Waals surface area contributed by atoms with Gasteiger partial charge in [-0.05, 0) is 19.8 Å². The van der Waals surface area contributed by atoms with Crippen LogP contribution in [0.4, 0.5) is 0 Å². The molecule has 1 aromatic rings. The molecule has 4 nitrogen and oxygen atoms in total. The largest absolute Gasteiger partial charge is 0.387 e. The first-order valence-electron chi connectivity index (χ1n) is 5.28. The summed E-state index contributed by atoms with van der Waals surface area (Å²) in [6, 6.07) is 0.366. The molecule has 0 spiro atoms. The summed E-state index contributed by atoms with van der Waals surface area (Å²) in [5.74, 6) is 0. The Balaban J connectivity index is 2.67. The van der Waals surface area contributed by atoms with Gasteiger partial charge in [-0.1, -0.05) is 25.5 Å². The van der Waals surface area contributed by atoms with Gasteiger partial charge in [0.2, 0.25) is 0 Å². The molecular formula is C10H19N3O. The Hall–Kier alpha value is -0.900. The molecule has 0 bridgehead atoms. The zero-order chi connectivity index (χ0) is 10.6. The molecule has 1 N–H and O–H groups in total. The van der Waals surface area contributed by atoms with Crippen LogP contribution in [0.1, 0.15) is 57.9 Å². The summed E-state index contributed by atoms with van der Waals surface area (Å²) in [7, 11) is 0. The van der Waals surface area contributed by atoms with Crippen LogP contribution >= 0.6 is 0 Å². The number of nitrogens with zero attached hydrogens (tertiary/aromatic N) is 3. The maximum absolute atomic E-state index is 9.54. The average Bonchev–Trinajstić information content (AvgIpc) is 2.66. The van der Waals surface area contributed by atoms with E-state index in [0.717, 1.165) is 12.8 Å². The van der Waals surface area contributed by atoms with Gasteiger partial charge in [0.1, 0.15) is 5.69 Å². The molecule has 1 heterocycles. The van der Waals surface area contributed by atoms with Crippen molar-refractivity contribution in [1.29, 1.82) is 0 Å². The van der Waals surface area contributed by atoms with E-state index in [-0.39, 0.29) is 0 Å². The van der Waals surface area contributed by atoms with Gasteiger partial charge in [-0.25, -0.2) is 4.68 Å². The van der Waals surface area contributed by atoms with Crippen LogP contribution in [0.15, 0.2) is 6.20 Å². The molecule has 0 radical (unpaired) electrons. The van der Waals surface area contributed by atoms with Gasteiger partial charge in [0.05, 0.1) is 18.3 Å². The summed E-state index contributed by atoms with van der Waals surface area (Å²) < 4.78 is 1.83. The number of aromatic nitrogens is 3. The Morgan fingerprint density at radius 3 is 2.79 bits per heavy atom. The lowest BCUT2D eigenvalue weighted by Crippen LogP contribution is -2.05. The molecule has 1 rings (SSSR count). The molecule has 0 aliphatic heterocycles. The van der Waals surface area contributed by atoms with Gasteiger partial charge in [-0.15, -0.1) is 5.10 Å². The zero-order valence-corrected chi connectivity index (χ0v) is 9.14. The summed E-state index contributed by atoms with van der Waals surface area (Å²) in [5.41, 5.74) is 0.676. The Morgan fingerprint density at radius 2 is 2.21 bits per heavy atom. The Kier molecular flexibility index (Phi) is 4.07. The number of hydrogen-bond acceptors (Lipinski definition) is 3. The molecule has 0 aliphatic carbocycles. The minimum Gasteiger partial charge on any atom is -0.387 e. The monoisotopic (exact) mass is 197 g/mol. The fraction of sp³-hybridized carbons (Fsp3) is 0.800. The highest BCUT2D eigenvalue weighted by Crippen LogP contribution is 2.16. The molecule has 0 aromatic carbocycles. The number of rotatable bonds is 5. The van der Waals surface area contributed by atoms with E-state index < -0.39 is 6.10 Å². The smallest absolute Gasteiger partial charge is 0.111 e. The molecule has 2 unspecified atom stereocenters. The van der Waals surface area contributed by atoms with Crippen LogP contribution in [0.5, 0.6) is 0 Å². The number of aliphatic hydroxyl groups is 1. The van der Waals surface area contributed by atoms with Gasteiger partial charge in [0, 0.05) is 0 Å². The third kappa shape index (κ3) is 2.54. The van der Waals surface area contributed by atoms with Crippen LogP contribution in [-0.4, -0.2) is 20.1 Å². The van der Waals surface area contributed by atoms with Crippen LogP contribution in [0.25, 0.3) is 0 Å². The van der Waals surface area contributed by atoms with E-state index in [2.05, 4.69) is 24.2 Å². The summed E-state index contributed by atoms with van der Waals surface area (Å²) in [6.07, 6.45) is 4.27.